The largest absolute Gasteiger partial charge is 0.352 e. The Labute approximate surface area is 117 Å². The van der Waals surface area contributed by atoms with E-state index in [1.165, 1.54) is 32.1 Å². The molecule has 2 nitrogen and oxygen atoms in total. The predicted molar refractivity (Wildman–Crippen MR) is 77.8 cm³/mol. The van der Waals surface area contributed by atoms with Crippen molar-refractivity contribution in [3.63, 3.8) is 0 Å². The van der Waals surface area contributed by atoms with Crippen molar-refractivity contribution in [1.82, 2.24) is 5.32 Å². The number of halogens is 1. The lowest BCUT2D eigenvalue weighted by Crippen LogP contribution is -2.30. The molecule has 1 aliphatic carbocycles. The van der Waals surface area contributed by atoms with Crippen molar-refractivity contribution in [1.29, 1.82) is 0 Å². The molecular weight excluding hydrogens is 290 g/mol. The maximum Gasteiger partial charge on any atom is 0.251 e. The summed E-state index contributed by atoms with van der Waals surface area (Å²) in [6.07, 6.45) is 6.51. The highest BCUT2D eigenvalue weighted by Gasteiger charge is 2.16. The molecule has 2 rings (SSSR count). The number of benzene rings is 1. The molecule has 0 aliphatic heterocycles. The van der Waals surface area contributed by atoms with Gasteiger partial charge in [0.05, 0.1) is 0 Å². The zero-order valence-electron chi connectivity index (χ0n) is 10.8. The van der Waals surface area contributed by atoms with E-state index in [2.05, 4.69) is 21.2 Å². The molecule has 1 aliphatic rings. The summed E-state index contributed by atoms with van der Waals surface area (Å²) >= 11 is 3.46. The smallest absolute Gasteiger partial charge is 0.251 e. The molecule has 1 aromatic carbocycles. The van der Waals surface area contributed by atoms with Crippen molar-refractivity contribution in [3.05, 3.63) is 33.8 Å². The summed E-state index contributed by atoms with van der Waals surface area (Å²) in [4.78, 5) is 12.1. The van der Waals surface area contributed by atoms with Crippen molar-refractivity contribution < 1.29 is 4.79 Å². The number of hydrogen-bond acceptors (Lipinski definition) is 1. The molecular formula is C15H20BrNO. The van der Waals surface area contributed by atoms with Crippen LogP contribution in [-0.2, 0) is 0 Å². The van der Waals surface area contributed by atoms with E-state index in [9.17, 15) is 4.79 Å². The number of amides is 1. The van der Waals surface area contributed by atoms with Gasteiger partial charge in [0, 0.05) is 16.6 Å². The van der Waals surface area contributed by atoms with E-state index in [-0.39, 0.29) is 5.91 Å². The minimum atomic E-state index is 0.0550. The van der Waals surface area contributed by atoms with E-state index in [0.717, 1.165) is 22.1 Å². The molecule has 0 heterocycles. The number of rotatable bonds is 3. The van der Waals surface area contributed by atoms with Gasteiger partial charge in [-0.3, -0.25) is 4.79 Å². The molecule has 3 heteroatoms. The second-order valence-corrected chi connectivity index (χ2v) is 5.98. The van der Waals surface area contributed by atoms with Crippen LogP contribution < -0.4 is 5.32 Å². The molecule has 18 heavy (non-hydrogen) atoms. The van der Waals surface area contributed by atoms with Crippen LogP contribution in [0.15, 0.2) is 22.7 Å². The van der Waals surface area contributed by atoms with Gasteiger partial charge < -0.3 is 5.32 Å². The van der Waals surface area contributed by atoms with Crippen LogP contribution in [-0.4, -0.2) is 12.5 Å². The third-order valence-corrected chi connectivity index (χ3v) is 4.65. The van der Waals surface area contributed by atoms with E-state index in [4.69, 9.17) is 0 Å². The van der Waals surface area contributed by atoms with Crippen LogP contribution in [0.4, 0.5) is 0 Å². The Hall–Kier alpha value is -0.830. The molecule has 1 N–H and O–H groups in total. The van der Waals surface area contributed by atoms with Gasteiger partial charge in [-0.1, -0.05) is 41.3 Å². The molecule has 98 valence electrons. The Morgan fingerprint density at radius 1 is 1.33 bits per heavy atom. The zero-order chi connectivity index (χ0) is 13.0. The number of nitrogens with one attached hydrogen (secondary N) is 1. The number of hydrogen-bond donors (Lipinski definition) is 1. The van der Waals surface area contributed by atoms with Gasteiger partial charge in [0.2, 0.25) is 0 Å². The van der Waals surface area contributed by atoms with Gasteiger partial charge in [0.15, 0.2) is 0 Å². The number of carbonyl (C=O) groups excluding carboxylic acids is 1. The highest BCUT2D eigenvalue weighted by atomic mass is 79.9. The fraction of sp³-hybridized carbons (Fsp3) is 0.533. The summed E-state index contributed by atoms with van der Waals surface area (Å²) < 4.78 is 0.993. The minimum Gasteiger partial charge on any atom is -0.352 e. The lowest BCUT2D eigenvalue weighted by molar-refractivity contribution is 0.0943. The normalized spacial score (nSPS) is 16.6. The second-order valence-electron chi connectivity index (χ2n) is 5.13. The van der Waals surface area contributed by atoms with Gasteiger partial charge in [-0.05, 0) is 43.4 Å². The van der Waals surface area contributed by atoms with E-state index in [1.54, 1.807) is 0 Å². The highest BCUT2D eigenvalue weighted by molar-refractivity contribution is 9.10. The Kier molecular flexibility index (Phi) is 4.81. The molecule has 0 unspecified atom stereocenters. The van der Waals surface area contributed by atoms with Gasteiger partial charge in [-0.25, -0.2) is 0 Å². The zero-order valence-corrected chi connectivity index (χ0v) is 12.4. The van der Waals surface area contributed by atoms with E-state index >= 15 is 0 Å². The second kappa shape index (κ2) is 6.37. The van der Waals surface area contributed by atoms with Crippen molar-refractivity contribution in [2.45, 2.75) is 39.0 Å². The average molecular weight is 310 g/mol. The summed E-state index contributed by atoms with van der Waals surface area (Å²) in [5.41, 5.74) is 1.79. The fourth-order valence-corrected chi connectivity index (χ4v) is 2.94. The monoisotopic (exact) mass is 309 g/mol. The van der Waals surface area contributed by atoms with Crippen LogP contribution >= 0.6 is 15.9 Å². The van der Waals surface area contributed by atoms with Crippen molar-refractivity contribution >= 4 is 21.8 Å². The standard InChI is InChI=1S/C15H20BrNO/c1-11-13(8-5-9-14(11)16)15(18)17-10-12-6-3-2-4-7-12/h5,8-9,12H,2-4,6-7,10H2,1H3,(H,17,18). The topological polar surface area (TPSA) is 29.1 Å². The van der Waals surface area contributed by atoms with Crippen LogP contribution in [0.5, 0.6) is 0 Å². The molecule has 0 spiro atoms. The van der Waals surface area contributed by atoms with Gasteiger partial charge in [-0.2, -0.15) is 0 Å². The van der Waals surface area contributed by atoms with Crippen LogP contribution in [0.1, 0.15) is 48.0 Å². The van der Waals surface area contributed by atoms with Gasteiger partial charge >= 0.3 is 0 Å². The first-order valence-electron chi connectivity index (χ1n) is 6.72. The third kappa shape index (κ3) is 3.35. The molecule has 0 bridgehead atoms. The Morgan fingerprint density at radius 2 is 2.06 bits per heavy atom. The minimum absolute atomic E-state index is 0.0550. The summed E-state index contributed by atoms with van der Waals surface area (Å²) in [6, 6.07) is 5.76. The Morgan fingerprint density at radius 3 is 2.78 bits per heavy atom. The van der Waals surface area contributed by atoms with Crippen LogP contribution in [0.25, 0.3) is 0 Å². The molecule has 1 amide bonds. The molecule has 1 saturated carbocycles. The highest BCUT2D eigenvalue weighted by Crippen LogP contribution is 2.23. The Balaban J connectivity index is 1.93. The first-order chi connectivity index (χ1) is 8.68. The van der Waals surface area contributed by atoms with Gasteiger partial charge in [0.1, 0.15) is 0 Å². The van der Waals surface area contributed by atoms with Crippen molar-refractivity contribution in [2.75, 3.05) is 6.54 Å². The van der Waals surface area contributed by atoms with Crippen molar-refractivity contribution in [3.8, 4) is 0 Å². The van der Waals surface area contributed by atoms with Crippen LogP contribution in [0.3, 0.4) is 0 Å². The lowest BCUT2D eigenvalue weighted by atomic mass is 9.89. The lowest BCUT2D eigenvalue weighted by Gasteiger charge is -2.22. The first kappa shape index (κ1) is 13.6. The molecule has 0 radical (unpaired) electrons. The maximum atomic E-state index is 12.1. The van der Waals surface area contributed by atoms with Crippen LogP contribution in [0.2, 0.25) is 0 Å². The molecule has 0 saturated heterocycles. The predicted octanol–water partition coefficient (Wildman–Crippen LogP) is 4.07. The summed E-state index contributed by atoms with van der Waals surface area (Å²) in [7, 11) is 0. The van der Waals surface area contributed by atoms with Crippen LogP contribution in [0, 0.1) is 12.8 Å². The number of carbonyl (C=O) groups is 1. The van der Waals surface area contributed by atoms with E-state index in [0.29, 0.717) is 5.92 Å². The molecule has 1 fully saturated rings. The fourth-order valence-electron chi connectivity index (χ4n) is 2.58. The van der Waals surface area contributed by atoms with Gasteiger partial charge in [-0.15, -0.1) is 0 Å². The molecule has 1 aromatic rings. The van der Waals surface area contributed by atoms with Gasteiger partial charge in [0.25, 0.3) is 5.91 Å². The third-order valence-electron chi connectivity index (χ3n) is 3.79. The molecule has 0 atom stereocenters. The van der Waals surface area contributed by atoms with Crippen molar-refractivity contribution in [2.24, 2.45) is 5.92 Å². The quantitative estimate of drug-likeness (QED) is 0.896. The summed E-state index contributed by atoms with van der Waals surface area (Å²) in [6.45, 7) is 2.80. The average Bonchev–Trinajstić information content (AvgIpc) is 2.40. The summed E-state index contributed by atoms with van der Waals surface area (Å²) in [5.74, 6) is 0.731. The van der Waals surface area contributed by atoms with E-state index in [1.807, 2.05) is 25.1 Å². The summed E-state index contributed by atoms with van der Waals surface area (Å²) in [5, 5.41) is 3.08. The molecule has 0 aromatic heterocycles. The Bertz CT molecular complexity index is 425. The SMILES string of the molecule is Cc1c(Br)cccc1C(=O)NCC1CCCCC1. The maximum absolute atomic E-state index is 12.1. The first-order valence-corrected chi connectivity index (χ1v) is 7.51. The van der Waals surface area contributed by atoms with E-state index < -0.39 is 0 Å².